The van der Waals surface area contributed by atoms with Gasteiger partial charge >= 0.3 is 18.1 Å². The van der Waals surface area contributed by atoms with Gasteiger partial charge in [0.15, 0.2) is 0 Å². The van der Waals surface area contributed by atoms with Gasteiger partial charge in [0.05, 0.1) is 6.54 Å². The number of hydrogen-bond acceptors (Lipinski definition) is 3. The van der Waals surface area contributed by atoms with E-state index in [0.717, 1.165) is 24.3 Å². The first-order valence-electron chi connectivity index (χ1n) is 5.20. The molecule has 0 saturated carbocycles. The SMILES string of the molecule is O=C(O)C(CNC(=O)C(F)(F)F)Oc1ccc(F)cc1. The first-order chi connectivity index (χ1) is 9.20. The fourth-order valence-electron chi connectivity index (χ4n) is 1.14. The number of benzene rings is 1. The number of carboxylic acid groups (broad SMARTS) is 1. The standard InChI is InChI=1S/C11H9F4NO4/c12-6-1-3-7(4-2-6)20-8(9(17)18)5-16-10(19)11(13,14)15/h1-4,8H,5H2,(H,16,19)(H,17,18). The Kier molecular flexibility index (Phi) is 4.89. The van der Waals surface area contributed by atoms with Crippen LogP contribution >= 0.6 is 0 Å². The lowest BCUT2D eigenvalue weighted by Gasteiger charge is -2.16. The van der Waals surface area contributed by atoms with Crippen LogP contribution in [-0.2, 0) is 9.59 Å². The maximum Gasteiger partial charge on any atom is 0.471 e. The fourth-order valence-corrected chi connectivity index (χ4v) is 1.14. The third kappa shape index (κ3) is 4.75. The summed E-state index contributed by atoms with van der Waals surface area (Å²) in [6, 6.07) is 4.19. The first-order valence-corrected chi connectivity index (χ1v) is 5.20. The van der Waals surface area contributed by atoms with Crippen molar-refractivity contribution in [1.82, 2.24) is 5.32 Å². The second-order valence-corrected chi connectivity index (χ2v) is 3.61. The molecule has 1 rings (SSSR count). The van der Waals surface area contributed by atoms with Crippen LogP contribution < -0.4 is 10.1 Å². The average Bonchev–Trinajstić information content (AvgIpc) is 2.34. The largest absolute Gasteiger partial charge is 0.478 e. The van der Waals surface area contributed by atoms with E-state index in [0.29, 0.717) is 0 Å². The molecule has 110 valence electrons. The number of halogens is 4. The number of carbonyl (C=O) groups is 2. The van der Waals surface area contributed by atoms with Gasteiger partial charge in [-0.1, -0.05) is 0 Å². The van der Waals surface area contributed by atoms with Crippen LogP contribution in [0.3, 0.4) is 0 Å². The van der Waals surface area contributed by atoms with E-state index >= 15 is 0 Å². The molecular formula is C11H9F4NO4. The number of amides is 1. The number of rotatable bonds is 5. The number of hydrogen-bond donors (Lipinski definition) is 2. The Bertz CT molecular complexity index is 486. The molecule has 0 aliphatic rings. The molecule has 1 aromatic carbocycles. The van der Waals surface area contributed by atoms with Crippen molar-refractivity contribution in [3.05, 3.63) is 30.1 Å². The number of carbonyl (C=O) groups excluding carboxylic acids is 1. The monoisotopic (exact) mass is 295 g/mol. The Labute approximate surface area is 110 Å². The van der Waals surface area contributed by atoms with Crippen LogP contribution in [0, 0.1) is 5.82 Å². The quantitative estimate of drug-likeness (QED) is 0.804. The van der Waals surface area contributed by atoms with Crippen molar-refractivity contribution < 1.29 is 37.0 Å². The summed E-state index contributed by atoms with van der Waals surface area (Å²) >= 11 is 0. The van der Waals surface area contributed by atoms with Gasteiger partial charge in [0.25, 0.3) is 0 Å². The maximum absolute atomic E-state index is 12.6. The minimum absolute atomic E-state index is 0.0555. The Morgan fingerprint density at radius 3 is 2.25 bits per heavy atom. The Hall–Kier alpha value is -2.32. The molecule has 0 aliphatic carbocycles. The predicted octanol–water partition coefficient (Wildman–Crippen LogP) is 1.34. The first kappa shape index (κ1) is 15.7. The lowest BCUT2D eigenvalue weighted by molar-refractivity contribution is -0.174. The predicted molar refractivity (Wildman–Crippen MR) is 57.5 cm³/mol. The van der Waals surface area contributed by atoms with Crippen LogP contribution in [-0.4, -0.2) is 35.8 Å². The molecule has 0 aliphatic heterocycles. The van der Waals surface area contributed by atoms with Gasteiger partial charge in [-0.15, -0.1) is 0 Å². The van der Waals surface area contributed by atoms with Crippen LogP contribution in [0.5, 0.6) is 5.75 Å². The van der Waals surface area contributed by atoms with E-state index in [9.17, 15) is 27.2 Å². The topological polar surface area (TPSA) is 75.6 Å². The fraction of sp³-hybridized carbons (Fsp3) is 0.273. The molecule has 0 aromatic heterocycles. The molecule has 1 aromatic rings. The lowest BCUT2D eigenvalue weighted by atomic mass is 10.3. The van der Waals surface area contributed by atoms with Gasteiger partial charge in [-0.25, -0.2) is 9.18 Å². The van der Waals surface area contributed by atoms with Crippen molar-refractivity contribution in [2.24, 2.45) is 0 Å². The zero-order valence-electron chi connectivity index (χ0n) is 9.78. The highest BCUT2D eigenvalue weighted by molar-refractivity contribution is 5.82. The molecule has 0 bridgehead atoms. The van der Waals surface area contributed by atoms with Crippen LogP contribution in [0.2, 0.25) is 0 Å². The van der Waals surface area contributed by atoms with Crippen molar-refractivity contribution in [3.63, 3.8) is 0 Å². The normalized spacial score (nSPS) is 12.6. The maximum atomic E-state index is 12.6. The van der Waals surface area contributed by atoms with E-state index in [-0.39, 0.29) is 5.75 Å². The number of alkyl halides is 3. The van der Waals surface area contributed by atoms with Crippen LogP contribution in [0.1, 0.15) is 0 Å². The minimum Gasteiger partial charge on any atom is -0.478 e. The average molecular weight is 295 g/mol. The molecule has 1 atom stereocenters. The molecule has 1 amide bonds. The molecule has 5 nitrogen and oxygen atoms in total. The van der Waals surface area contributed by atoms with Crippen molar-refractivity contribution in [3.8, 4) is 5.75 Å². The van der Waals surface area contributed by atoms with Crippen LogP contribution in [0.4, 0.5) is 17.6 Å². The lowest BCUT2D eigenvalue weighted by Crippen LogP contribution is -2.45. The van der Waals surface area contributed by atoms with Crippen molar-refractivity contribution in [1.29, 1.82) is 0 Å². The highest BCUT2D eigenvalue weighted by atomic mass is 19.4. The van der Waals surface area contributed by atoms with Crippen LogP contribution in [0.15, 0.2) is 24.3 Å². The Morgan fingerprint density at radius 1 is 1.25 bits per heavy atom. The molecule has 0 radical (unpaired) electrons. The zero-order chi connectivity index (χ0) is 15.3. The molecular weight excluding hydrogens is 286 g/mol. The van der Waals surface area contributed by atoms with Crippen molar-refractivity contribution in [2.45, 2.75) is 12.3 Å². The third-order valence-electron chi connectivity index (χ3n) is 2.07. The second kappa shape index (κ2) is 6.22. The molecule has 20 heavy (non-hydrogen) atoms. The Morgan fingerprint density at radius 2 is 1.80 bits per heavy atom. The summed E-state index contributed by atoms with van der Waals surface area (Å²) in [6.45, 7) is -0.884. The summed E-state index contributed by atoms with van der Waals surface area (Å²) in [5.41, 5.74) is 0. The van der Waals surface area contributed by atoms with Gasteiger partial charge in [-0.05, 0) is 24.3 Å². The van der Waals surface area contributed by atoms with E-state index in [2.05, 4.69) is 0 Å². The summed E-state index contributed by atoms with van der Waals surface area (Å²) in [7, 11) is 0. The van der Waals surface area contributed by atoms with Gasteiger partial charge in [0, 0.05) is 0 Å². The van der Waals surface area contributed by atoms with E-state index in [4.69, 9.17) is 9.84 Å². The van der Waals surface area contributed by atoms with Gasteiger partial charge in [0.1, 0.15) is 11.6 Å². The molecule has 0 spiro atoms. The Balaban J connectivity index is 2.64. The van der Waals surface area contributed by atoms with Crippen LogP contribution in [0.25, 0.3) is 0 Å². The van der Waals surface area contributed by atoms with E-state index in [1.807, 2.05) is 0 Å². The minimum atomic E-state index is -5.11. The van der Waals surface area contributed by atoms with E-state index in [1.165, 1.54) is 5.32 Å². The molecule has 9 heteroatoms. The molecule has 0 saturated heterocycles. The summed E-state index contributed by atoms with van der Waals surface area (Å²) in [5.74, 6) is -4.49. The number of aliphatic carboxylic acids is 1. The number of carboxylic acids is 1. The molecule has 0 fully saturated rings. The van der Waals surface area contributed by atoms with Crippen molar-refractivity contribution in [2.75, 3.05) is 6.54 Å². The number of nitrogens with one attached hydrogen (secondary N) is 1. The van der Waals surface area contributed by atoms with Gasteiger partial charge in [-0.3, -0.25) is 4.79 Å². The highest BCUT2D eigenvalue weighted by Crippen LogP contribution is 2.15. The molecule has 0 heterocycles. The summed E-state index contributed by atoms with van der Waals surface area (Å²) in [6.07, 6.45) is -6.84. The smallest absolute Gasteiger partial charge is 0.471 e. The second-order valence-electron chi connectivity index (χ2n) is 3.61. The molecule has 1 unspecified atom stereocenters. The van der Waals surface area contributed by atoms with Gasteiger partial charge in [0.2, 0.25) is 6.10 Å². The summed E-state index contributed by atoms with van der Waals surface area (Å²) in [4.78, 5) is 21.4. The highest BCUT2D eigenvalue weighted by Gasteiger charge is 2.39. The summed E-state index contributed by atoms with van der Waals surface area (Å²) in [5, 5.41) is 10.2. The number of ether oxygens (including phenoxy) is 1. The van der Waals surface area contributed by atoms with E-state index in [1.54, 1.807) is 0 Å². The molecule has 2 N–H and O–H groups in total. The summed E-state index contributed by atoms with van der Waals surface area (Å²) < 4.78 is 53.2. The van der Waals surface area contributed by atoms with Gasteiger partial charge < -0.3 is 15.2 Å². The zero-order valence-corrected chi connectivity index (χ0v) is 9.78. The van der Waals surface area contributed by atoms with Crippen molar-refractivity contribution >= 4 is 11.9 Å². The van der Waals surface area contributed by atoms with Gasteiger partial charge in [-0.2, -0.15) is 13.2 Å². The third-order valence-corrected chi connectivity index (χ3v) is 2.07. The van der Waals surface area contributed by atoms with E-state index < -0.39 is 36.5 Å².